The fourth-order valence-electron chi connectivity index (χ4n) is 6.09. The van der Waals surface area contributed by atoms with Gasteiger partial charge in [0, 0.05) is 31.1 Å². The molecule has 40 heavy (non-hydrogen) atoms. The van der Waals surface area contributed by atoms with Crippen molar-refractivity contribution in [2.75, 3.05) is 31.5 Å². The van der Waals surface area contributed by atoms with Gasteiger partial charge in [-0.1, -0.05) is 55.0 Å². The number of nitriles is 1. The molecule has 1 atom stereocenters. The maximum atomic E-state index is 14.3. The minimum atomic E-state index is 0.0895. The summed E-state index contributed by atoms with van der Waals surface area (Å²) in [6.07, 6.45) is 5.92. The molecule has 202 valence electrons. The van der Waals surface area contributed by atoms with Crippen molar-refractivity contribution in [1.29, 1.82) is 5.26 Å². The predicted molar refractivity (Wildman–Crippen MR) is 160 cm³/mol. The Labute approximate surface area is 236 Å². The lowest BCUT2D eigenvalue weighted by Crippen LogP contribution is -2.44. The predicted octanol–water partition coefficient (Wildman–Crippen LogP) is 6.48. The molecule has 0 saturated carbocycles. The summed E-state index contributed by atoms with van der Waals surface area (Å²) in [6.45, 7) is 4.67. The Kier molecular flexibility index (Phi) is 7.74. The van der Waals surface area contributed by atoms with E-state index in [1.165, 1.54) is 19.3 Å². The molecule has 3 heterocycles. The number of anilines is 1. The summed E-state index contributed by atoms with van der Waals surface area (Å²) in [7, 11) is 0. The SMILES string of the molecule is N#Cc1ccc(-c2ccc3nc(NCc4ccccc4)cc(C(=O)N4CCCC4CN4CCCCC4)c3c2)cc1. The highest BCUT2D eigenvalue weighted by Gasteiger charge is 2.32. The van der Waals surface area contributed by atoms with E-state index in [-0.39, 0.29) is 11.9 Å². The van der Waals surface area contributed by atoms with Gasteiger partial charge >= 0.3 is 0 Å². The Morgan fingerprint density at radius 2 is 1.68 bits per heavy atom. The summed E-state index contributed by atoms with van der Waals surface area (Å²) >= 11 is 0. The number of benzene rings is 3. The fraction of sp³-hybridized carbons (Fsp3) is 0.324. The lowest BCUT2D eigenvalue weighted by molar-refractivity contribution is 0.0692. The molecule has 6 nitrogen and oxygen atoms in total. The van der Waals surface area contributed by atoms with Gasteiger partial charge in [-0.3, -0.25) is 4.79 Å². The second-order valence-electron chi connectivity index (χ2n) is 11.0. The fourth-order valence-corrected chi connectivity index (χ4v) is 6.09. The molecule has 1 amide bonds. The second kappa shape index (κ2) is 11.9. The van der Waals surface area contributed by atoms with Crippen LogP contribution in [0.1, 0.15) is 53.6 Å². The molecule has 1 aromatic heterocycles. The van der Waals surface area contributed by atoms with E-state index in [2.05, 4.69) is 39.4 Å². The first-order valence-corrected chi connectivity index (χ1v) is 14.4. The zero-order valence-electron chi connectivity index (χ0n) is 22.9. The second-order valence-corrected chi connectivity index (χ2v) is 11.0. The average Bonchev–Trinajstić information content (AvgIpc) is 3.48. The number of fused-ring (bicyclic) bond motifs is 1. The van der Waals surface area contributed by atoms with Crippen LogP contribution in [0.25, 0.3) is 22.0 Å². The van der Waals surface area contributed by atoms with Crippen molar-refractivity contribution < 1.29 is 4.79 Å². The molecule has 6 heteroatoms. The molecular formula is C34H35N5O. The summed E-state index contributed by atoms with van der Waals surface area (Å²) < 4.78 is 0. The third-order valence-electron chi connectivity index (χ3n) is 8.26. The van der Waals surface area contributed by atoms with E-state index in [4.69, 9.17) is 4.98 Å². The Morgan fingerprint density at radius 1 is 0.900 bits per heavy atom. The largest absolute Gasteiger partial charge is 0.366 e. The van der Waals surface area contributed by atoms with E-state index in [0.29, 0.717) is 23.5 Å². The van der Waals surface area contributed by atoms with Gasteiger partial charge < -0.3 is 15.1 Å². The smallest absolute Gasteiger partial charge is 0.254 e. The lowest BCUT2D eigenvalue weighted by Gasteiger charge is -2.33. The molecule has 2 aliphatic rings. The Hall–Kier alpha value is -4.21. The first-order valence-electron chi connectivity index (χ1n) is 14.4. The number of carbonyl (C=O) groups excluding carboxylic acids is 1. The number of nitrogens with zero attached hydrogens (tertiary/aromatic N) is 4. The van der Waals surface area contributed by atoms with Gasteiger partial charge in [0.25, 0.3) is 5.91 Å². The van der Waals surface area contributed by atoms with Crippen LogP contribution in [0.15, 0.2) is 78.9 Å². The zero-order valence-corrected chi connectivity index (χ0v) is 22.9. The van der Waals surface area contributed by atoms with Gasteiger partial charge in [0.2, 0.25) is 0 Å². The van der Waals surface area contributed by atoms with E-state index in [9.17, 15) is 10.1 Å². The number of likely N-dealkylation sites (tertiary alicyclic amines) is 2. The highest BCUT2D eigenvalue weighted by molar-refractivity contribution is 6.08. The highest BCUT2D eigenvalue weighted by atomic mass is 16.2. The van der Waals surface area contributed by atoms with E-state index < -0.39 is 0 Å². The molecule has 0 bridgehead atoms. The highest BCUT2D eigenvalue weighted by Crippen LogP contribution is 2.31. The number of hydrogen-bond donors (Lipinski definition) is 1. The molecule has 0 radical (unpaired) electrons. The molecule has 1 N–H and O–H groups in total. The first kappa shape index (κ1) is 26.0. The monoisotopic (exact) mass is 529 g/mol. The van der Waals surface area contributed by atoms with Gasteiger partial charge in [-0.25, -0.2) is 4.98 Å². The quantitative estimate of drug-likeness (QED) is 0.297. The van der Waals surface area contributed by atoms with Gasteiger partial charge in [-0.2, -0.15) is 5.26 Å². The number of carbonyl (C=O) groups is 1. The van der Waals surface area contributed by atoms with Crippen LogP contribution >= 0.6 is 0 Å². The molecule has 4 aromatic rings. The molecule has 6 rings (SSSR count). The van der Waals surface area contributed by atoms with E-state index >= 15 is 0 Å². The van der Waals surface area contributed by atoms with Crippen LogP contribution in [-0.4, -0.2) is 52.9 Å². The third kappa shape index (κ3) is 5.71. The number of amides is 1. The van der Waals surface area contributed by atoms with Gasteiger partial charge in [0.15, 0.2) is 0 Å². The number of rotatable bonds is 7. The molecule has 2 fully saturated rings. The average molecular weight is 530 g/mol. The van der Waals surface area contributed by atoms with Crippen LogP contribution in [0.2, 0.25) is 0 Å². The van der Waals surface area contributed by atoms with E-state index in [0.717, 1.165) is 66.6 Å². The summed E-state index contributed by atoms with van der Waals surface area (Å²) in [5, 5.41) is 13.5. The summed E-state index contributed by atoms with van der Waals surface area (Å²) in [5.41, 5.74) is 5.30. The van der Waals surface area contributed by atoms with Crippen molar-refractivity contribution in [3.8, 4) is 17.2 Å². The van der Waals surface area contributed by atoms with E-state index in [1.807, 2.05) is 60.7 Å². The summed E-state index contributed by atoms with van der Waals surface area (Å²) in [6, 6.07) is 28.3. The first-order chi connectivity index (χ1) is 19.7. The summed E-state index contributed by atoms with van der Waals surface area (Å²) in [4.78, 5) is 23.8. The maximum absolute atomic E-state index is 14.3. The number of piperidine rings is 1. The van der Waals surface area contributed by atoms with Crippen LogP contribution in [0.5, 0.6) is 0 Å². The van der Waals surface area contributed by atoms with E-state index in [1.54, 1.807) is 0 Å². The van der Waals surface area contributed by atoms with Crippen molar-refractivity contribution in [1.82, 2.24) is 14.8 Å². The number of nitrogens with one attached hydrogen (secondary N) is 1. The number of aromatic nitrogens is 1. The van der Waals surface area contributed by atoms with Crippen LogP contribution in [0.4, 0.5) is 5.82 Å². The van der Waals surface area contributed by atoms with Gasteiger partial charge in [-0.05, 0) is 85.8 Å². The normalized spacial score (nSPS) is 17.6. The van der Waals surface area contributed by atoms with Crippen molar-refractivity contribution in [3.63, 3.8) is 0 Å². The van der Waals surface area contributed by atoms with Crippen molar-refractivity contribution in [2.45, 2.75) is 44.7 Å². The van der Waals surface area contributed by atoms with Gasteiger partial charge in [0.05, 0.1) is 22.7 Å². The molecule has 3 aromatic carbocycles. The number of hydrogen-bond acceptors (Lipinski definition) is 5. The molecular weight excluding hydrogens is 494 g/mol. The minimum Gasteiger partial charge on any atom is -0.366 e. The van der Waals surface area contributed by atoms with Crippen LogP contribution in [0, 0.1) is 11.3 Å². The lowest BCUT2D eigenvalue weighted by atomic mass is 9.99. The Balaban J connectivity index is 1.35. The van der Waals surface area contributed by atoms with Crippen molar-refractivity contribution >= 4 is 22.6 Å². The van der Waals surface area contributed by atoms with Crippen LogP contribution < -0.4 is 5.32 Å². The summed E-state index contributed by atoms with van der Waals surface area (Å²) in [5.74, 6) is 0.796. The Bertz CT molecular complexity index is 1520. The third-order valence-corrected chi connectivity index (χ3v) is 8.26. The van der Waals surface area contributed by atoms with Crippen LogP contribution in [-0.2, 0) is 6.54 Å². The standard InChI is InChI=1S/C34H35N5O/c35-22-25-11-13-27(14-12-25)28-15-16-32-30(20-28)31(21-33(37-32)36-23-26-8-3-1-4-9-26)34(40)39-19-7-10-29(39)24-38-17-5-2-6-18-38/h1,3-4,8-9,11-16,20-21,29H,2,5-7,10,17-19,23-24H2,(H,36,37). The van der Waals surface area contributed by atoms with Crippen LogP contribution in [0.3, 0.4) is 0 Å². The molecule has 1 unspecified atom stereocenters. The minimum absolute atomic E-state index is 0.0895. The van der Waals surface area contributed by atoms with Gasteiger partial charge in [-0.15, -0.1) is 0 Å². The van der Waals surface area contributed by atoms with Crippen molar-refractivity contribution in [2.24, 2.45) is 0 Å². The molecule has 0 aliphatic carbocycles. The maximum Gasteiger partial charge on any atom is 0.254 e. The molecule has 2 aliphatic heterocycles. The molecule has 2 saturated heterocycles. The Morgan fingerprint density at radius 3 is 2.45 bits per heavy atom. The number of pyridine rings is 1. The van der Waals surface area contributed by atoms with Crippen molar-refractivity contribution in [3.05, 3.63) is 95.6 Å². The molecule has 0 spiro atoms. The van der Waals surface area contributed by atoms with Gasteiger partial charge in [0.1, 0.15) is 5.82 Å². The topological polar surface area (TPSA) is 72.3 Å². The zero-order chi connectivity index (χ0) is 27.3.